The van der Waals surface area contributed by atoms with Gasteiger partial charge in [0, 0.05) is 6.42 Å². The Labute approximate surface area is 234 Å². The fourth-order valence-electron chi connectivity index (χ4n) is 4.99. The predicted molar refractivity (Wildman–Crippen MR) is 166 cm³/mol. The molecule has 0 heterocycles. The minimum atomic E-state index is -0.664. The summed E-state index contributed by atoms with van der Waals surface area (Å²) in [5.74, 6) is -0.664. The molecule has 0 radical (unpaired) electrons. The van der Waals surface area contributed by atoms with Gasteiger partial charge in [0.1, 0.15) is 0 Å². The second-order valence-corrected chi connectivity index (χ2v) is 11.4. The first-order valence-corrected chi connectivity index (χ1v) is 16.7. The highest BCUT2D eigenvalue weighted by Gasteiger charge is 2.24. The molecule has 0 aliphatic heterocycles. The van der Waals surface area contributed by atoms with Crippen LogP contribution in [0.4, 0.5) is 0 Å². The lowest BCUT2D eigenvalue weighted by Crippen LogP contribution is -2.50. The summed E-state index contributed by atoms with van der Waals surface area (Å²) in [4.78, 5) is 10.3. The number of aliphatic carboxylic acids is 1. The molecule has 0 atom stereocenters. The third-order valence-corrected chi connectivity index (χ3v) is 7.60. The molecular formula is C34H70NO2+. The van der Waals surface area contributed by atoms with E-state index >= 15 is 0 Å². The molecule has 0 spiro atoms. The van der Waals surface area contributed by atoms with Crippen LogP contribution >= 0.6 is 0 Å². The molecule has 0 aliphatic rings. The zero-order valence-corrected chi connectivity index (χ0v) is 26.3. The molecule has 3 heteroatoms. The molecule has 0 bridgehead atoms. The third kappa shape index (κ3) is 29.6. The lowest BCUT2D eigenvalue weighted by molar-refractivity contribution is -0.929. The van der Waals surface area contributed by atoms with Gasteiger partial charge in [0.05, 0.1) is 26.2 Å². The van der Waals surface area contributed by atoms with Crippen LogP contribution in [0.25, 0.3) is 0 Å². The van der Waals surface area contributed by atoms with E-state index in [0.717, 1.165) is 12.8 Å². The van der Waals surface area contributed by atoms with Crippen molar-refractivity contribution < 1.29 is 14.4 Å². The van der Waals surface area contributed by atoms with E-state index in [-0.39, 0.29) is 0 Å². The summed E-state index contributed by atoms with van der Waals surface area (Å²) in [5, 5.41) is 8.51. The van der Waals surface area contributed by atoms with Gasteiger partial charge < -0.3 is 9.59 Å². The number of unbranched alkanes of at least 4 members (excludes halogenated alkanes) is 15. The van der Waals surface area contributed by atoms with Crippen molar-refractivity contribution in [1.82, 2.24) is 0 Å². The lowest BCUT2D eigenvalue weighted by Gasteiger charge is -2.39. The standard InChI is InChI=1S/C18H34O2.C16H36N/c1-2-3-4-5-6-7-8-9-10-11-12-13-14-15-16-17-18(19)20;1-5-9-13-17(14-10-6-2,15-11-7-3)16-12-8-4/h9-10H,2-8,11-17H2,1H3,(H,19,20);5-16H2,1-4H3/q;+1/b10-9-;. The van der Waals surface area contributed by atoms with Gasteiger partial charge in [0.25, 0.3) is 0 Å². The van der Waals surface area contributed by atoms with Gasteiger partial charge in [-0.1, -0.05) is 124 Å². The Morgan fingerprint density at radius 3 is 1.16 bits per heavy atom. The molecule has 0 saturated heterocycles. The van der Waals surface area contributed by atoms with Crippen molar-refractivity contribution in [3.63, 3.8) is 0 Å². The van der Waals surface area contributed by atoms with Gasteiger partial charge >= 0.3 is 5.97 Å². The van der Waals surface area contributed by atoms with Crippen LogP contribution in [-0.2, 0) is 4.79 Å². The average Bonchev–Trinajstić information content (AvgIpc) is 2.90. The van der Waals surface area contributed by atoms with E-state index in [1.54, 1.807) is 0 Å². The summed E-state index contributed by atoms with van der Waals surface area (Å²) in [6.07, 6.45) is 32.3. The van der Waals surface area contributed by atoms with Crippen LogP contribution in [0, 0.1) is 0 Å². The summed E-state index contributed by atoms with van der Waals surface area (Å²) >= 11 is 0. The molecule has 0 unspecified atom stereocenters. The van der Waals surface area contributed by atoms with Gasteiger partial charge in [-0.15, -0.1) is 0 Å². The fraction of sp³-hybridized carbons (Fsp3) is 0.912. The first kappa shape index (κ1) is 38.3. The first-order chi connectivity index (χ1) is 18.0. The number of rotatable bonds is 27. The molecule has 0 rings (SSSR count). The van der Waals surface area contributed by atoms with Crippen LogP contribution in [0.15, 0.2) is 12.2 Å². The normalized spacial score (nSPS) is 11.6. The van der Waals surface area contributed by atoms with E-state index < -0.39 is 5.97 Å². The van der Waals surface area contributed by atoms with Gasteiger partial charge in [0.15, 0.2) is 0 Å². The van der Waals surface area contributed by atoms with E-state index in [2.05, 4.69) is 46.8 Å². The Balaban J connectivity index is 0. The number of carbonyl (C=O) groups is 1. The van der Waals surface area contributed by atoms with Crippen molar-refractivity contribution in [1.29, 1.82) is 0 Å². The van der Waals surface area contributed by atoms with Crippen LogP contribution in [0.1, 0.15) is 176 Å². The Hall–Kier alpha value is -0.830. The van der Waals surface area contributed by atoms with Crippen molar-refractivity contribution >= 4 is 5.97 Å². The zero-order chi connectivity index (χ0) is 27.9. The Morgan fingerprint density at radius 1 is 0.486 bits per heavy atom. The number of carboxylic acids is 1. The average molecular weight is 525 g/mol. The SMILES string of the molecule is CCCCCCCC/C=C\CCCCCCCC(=O)O.CCCC[N+](CCCC)(CCCC)CCCC. The highest BCUT2D eigenvalue weighted by Crippen LogP contribution is 2.16. The number of nitrogens with zero attached hydrogens (tertiary/aromatic N) is 1. The van der Waals surface area contributed by atoms with Gasteiger partial charge in [-0.2, -0.15) is 0 Å². The smallest absolute Gasteiger partial charge is 0.303 e. The number of hydrogen-bond acceptors (Lipinski definition) is 1. The predicted octanol–water partition coefficient (Wildman–Crippen LogP) is 11.1. The molecule has 0 aromatic rings. The summed E-state index contributed by atoms with van der Waals surface area (Å²) in [6.45, 7) is 17.3. The van der Waals surface area contributed by atoms with Crippen LogP contribution in [0.2, 0.25) is 0 Å². The minimum Gasteiger partial charge on any atom is -0.481 e. The van der Waals surface area contributed by atoms with Crippen molar-refractivity contribution in [2.24, 2.45) is 0 Å². The van der Waals surface area contributed by atoms with E-state index in [1.165, 1.54) is 153 Å². The quantitative estimate of drug-likeness (QED) is 0.0659. The van der Waals surface area contributed by atoms with Crippen LogP contribution in [-0.4, -0.2) is 41.7 Å². The molecule has 0 saturated carbocycles. The van der Waals surface area contributed by atoms with E-state index in [9.17, 15) is 4.79 Å². The molecule has 0 aliphatic carbocycles. The topological polar surface area (TPSA) is 37.3 Å². The molecule has 0 aromatic heterocycles. The second-order valence-electron chi connectivity index (χ2n) is 11.4. The first-order valence-electron chi connectivity index (χ1n) is 16.7. The molecule has 0 amide bonds. The van der Waals surface area contributed by atoms with Gasteiger partial charge in [-0.05, 0) is 57.8 Å². The molecule has 222 valence electrons. The van der Waals surface area contributed by atoms with Crippen molar-refractivity contribution in [3.8, 4) is 0 Å². The summed E-state index contributed by atoms with van der Waals surface area (Å²) in [6, 6.07) is 0. The van der Waals surface area contributed by atoms with Crippen molar-refractivity contribution in [3.05, 3.63) is 12.2 Å². The van der Waals surface area contributed by atoms with Crippen molar-refractivity contribution in [2.45, 2.75) is 176 Å². The van der Waals surface area contributed by atoms with E-state index in [1.807, 2.05) is 0 Å². The maximum atomic E-state index is 10.3. The molecular weight excluding hydrogens is 454 g/mol. The third-order valence-electron chi connectivity index (χ3n) is 7.60. The lowest BCUT2D eigenvalue weighted by atomic mass is 10.1. The fourth-order valence-corrected chi connectivity index (χ4v) is 4.99. The van der Waals surface area contributed by atoms with Gasteiger partial charge in [0.2, 0.25) is 0 Å². The summed E-state index contributed by atoms with van der Waals surface area (Å²) in [5.41, 5.74) is 0. The Morgan fingerprint density at radius 2 is 0.811 bits per heavy atom. The molecule has 3 nitrogen and oxygen atoms in total. The highest BCUT2D eigenvalue weighted by molar-refractivity contribution is 5.66. The van der Waals surface area contributed by atoms with Gasteiger partial charge in [-0.25, -0.2) is 0 Å². The highest BCUT2D eigenvalue weighted by atomic mass is 16.4. The Bertz CT molecular complexity index is 437. The van der Waals surface area contributed by atoms with E-state index in [0.29, 0.717) is 6.42 Å². The maximum absolute atomic E-state index is 10.3. The second kappa shape index (κ2) is 31.4. The molecule has 37 heavy (non-hydrogen) atoms. The minimum absolute atomic E-state index is 0.332. The number of allylic oxidation sites excluding steroid dienone is 2. The largest absolute Gasteiger partial charge is 0.481 e. The van der Waals surface area contributed by atoms with Crippen LogP contribution < -0.4 is 0 Å². The molecule has 1 N–H and O–H groups in total. The van der Waals surface area contributed by atoms with Crippen LogP contribution in [0.5, 0.6) is 0 Å². The summed E-state index contributed by atoms with van der Waals surface area (Å²) in [7, 11) is 0. The van der Waals surface area contributed by atoms with Gasteiger partial charge in [-0.3, -0.25) is 4.79 Å². The molecule has 0 aromatic carbocycles. The monoisotopic (exact) mass is 525 g/mol. The Kier molecular flexibility index (Phi) is 32.5. The van der Waals surface area contributed by atoms with Crippen molar-refractivity contribution in [2.75, 3.05) is 26.2 Å². The molecule has 0 fully saturated rings. The number of quaternary nitrogens is 1. The van der Waals surface area contributed by atoms with Crippen LogP contribution in [0.3, 0.4) is 0 Å². The van der Waals surface area contributed by atoms with E-state index in [4.69, 9.17) is 5.11 Å². The maximum Gasteiger partial charge on any atom is 0.303 e. The number of hydrogen-bond donors (Lipinski definition) is 1. The number of carboxylic acid groups (broad SMARTS) is 1. The zero-order valence-electron chi connectivity index (χ0n) is 26.3. The summed E-state index contributed by atoms with van der Waals surface area (Å²) < 4.78 is 1.42.